The first-order valence-corrected chi connectivity index (χ1v) is 8.96. The summed E-state index contributed by atoms with van der Waals surface area (Å²) in [5.74, 6) is -2.64. The molecule has 0 spiro atoms. The molecular weight excluding hydrogens is 381 g/mol. The molecule has 28 heavy (non-hydrogen) atoms. The number of hydrogen-bond donors (Lipinski definition) is 1. The molecule has 1 aromatic rings. The number of carbonyl (C=O) groups excluding carboxylic acids is 1. The van der Waals surface area contributed by atoms with Gasteiger partial charge in [-0.2, -0.15) is 13.2 Å². The number of carbonyl (C=O) groups is 2. The first-order valence-electron chi connectivity index (χ1n) is 8.96. The first kappa shape index (κ1) is 22.1. The number of fused-ring (bicyclic) bond motifs is 2. The fraction of sp³-hybridized carbons (Fsp3) is 0.611. The molecule has 10 heteroatoms. The number of amides is 1. The lowest BCUT2D eigenvalue weighted by Crippen LogP contribution is -2.47. The number of rotatable bonds is 4. The number of aromatic nitrogens is 1. The molecule has 0 aromatic carbocycles. The molecule has 2 fully saturated rings. The van der Waals surface area contributed by atoms with Crippen molar-refractivity contribution in [1.82, 2.24) is 9.88 Å². The molecule has 3 rings (SSSR count). The van der Waals surface area contributed by atoms with E-state index >= 15 is 0 Å². The molecule has 0 radical (unpaired) electrons. The van der Waals surface area contributed by atoms with Crippen molar-refractivity contribution in [3.63, 3.8) is 0 Å². The lowest BCUT2D eigenvalue weighted by Gasteiger charge is -2.31. The summed E-state index contributed by atoms with van der Waals surface area (Å²) in [6.07, 6.45) is -0.914. The number of halogens is 3. The second kappa shape index (κ2) is 9.83. The van der Waals surface area contributed by atoms with Crippen molar-refractivity contribution >= 4 is 11.9 Å². The van der Waals surface area contributed by atoms with Crippen LogP contribution in [0.15, 0.2) is 24.4 Å². The molecule has 1 amide bonds. The normalized spacial score (nSPS) is 24.1. The summed E-state index contributed by atoms with van der Waals surface area (Å²) in [6.45, 7) is 3.89. The van der Waals surface area contributed by atoms with Gasteiger partial charge < -0.3 is 19.5 Å². The van der Waals surface area contributed by atoms with Crippen LogP contribution in [0.5, 0.6) is 0 Å². The highest BCUT2D eigenvalue weighted by molar-refractivity contribution is 5.78. The summed E-state index contributed by atoms with van der Waals surface area (Å²) in [5, 5.41) is 7.12. The van der Waals surface area contributed by atoms with Gasteiger partial charge in [0.05, 0.1) is 25.2 Å². The quantitative estimate of drug-likeness (QED) is 0.826. The summed E-state index contributed by atoms with van der Waals surface area (Å²) in [5.41, 5.74) is 0.815. The van der Waals surface area contributed by atoms with Gasteiger partial charge in [0.25, 0.3) is 0 Å². The zero-order valence-corrected chi connectivity index (χ0v) is 15.4. The number of hydrogen-bond acceptors (Lipinski definition) is 5. The van der Waals surface area contributed by atoms with Gasteiger partial charge in [-0.3, -0.25) is 9.78 Å². The van der Waals surface area contributed by atoms with Crippen LogP contribution in [-0.4, -0.2) is 71.1 Å². The minimum absolute atomic E-state index is 0.0187. The van der Waals surface area contributed by atoms with Crippen molar-refractivity contribution in [2.75, 3.05) is 19.8 Å². The van der Waals surface area contributed by atoms with Crippen molar-refractivity contribution in [3.8, 4) is 0 Å². The highest BCUT2D eigenvalue weighted by Crippen LogP contribution is 2.32. The van der Waals surface area contributed by atoms with Crippen LogP contribution in [0.1, 0.15) is 25.5 Å². The molecule has 1 aliphatic carbocycles. The zero-order chi connectivity index (χ0) is 20.7. The van der Waals surface area contributed by atoms with Crippen LogP contribution in [-0.2, 0) is 25.5 Å². The third-order valence-corrected chi connectivity index (χ3v) is 4.54. The Morgan fingerprint density at radius 2 is 2.07 bits per heavy atom. The van der Waals surface area contributed by atoms with Gasteiger partial charge in [0.1, 0.15) is 6.10 Å². The smallest absolute Gasteiger partial charge is 0.475 e. The van der Waals surface area contributed by atoms with E-state index in [1.165, 1.54) is 0 Å². The molecule has 156 valence electrons. The van der Waals surface area contributed by atoms with Gasteiger partial charge in [0.2, 0.25) is 5.91 Å². The minimum atomic E-state index is -5.08. The molecule has 1 saturated heterocycles. The number of aliphatic carboxylic acids is 1. The SMILES string of the molecule is CCOC1C2CCC1N(C(=O)Cc1ccccn1)CCO2.O=C(O)C(F)(F)F. The highest BCUT2D eigenvalue weighted by Gasteiger charge is 2.44. The molecule has 7 nitrogen and oxygen atoms in total. The third-order valence-electron chi connectivity index (χ3n) is 4.54. The molecule has 3 atom stereocenters. The van der Waals surface area contributed by atoms with Gasteiger partial charge in [-0.05, 0) is 31.9 Å². The Morgan fingerprint density at radius 1 is 1.36 bits per heavy atom. The van der Waals surface area contributed by atoms with E-state index in [0.717, 1.165) is 18.5 Å². The first-order chi connectivity index (χ1) is 13.2. The number of ether oxygens (including phenoxy) is 2. The minimum Gasteiger partial charge on any atom is -0.475 e. The molecule has 3 unspecified atom stereocenters. The van der Waals surface area contributed by atoms with Crippen molar-refractivity contribution in [3.05, 3.63) is 30.1 Å². The van der Waals surface area contributed by atoms with E-state index in [0.29, 0.717) is 26.2 Å². The Kier molecular flexibility index (Phi) is 7.76. The number of carboxylic acids is 1. The van der Waals surface area contributed by atoms with Crippen molar-refractivity contribution in [1.29, 1.82) is 0 Å². The van der Waals surface area contributed by atoms with Crippen LogP contribution in [0.3, 0.4) is 0 Å². The maximum atomic E-state index is 12.6. The van der Waals surface area contributed by atoms with Crippen LogP contribution in [0.2, 0.25) is 0 Å². The monoisotopic (exact) mass is 404 g/mol. The largest absolute Gasteiger partial charge is 0.490 e. The zero-order valence-electron chi connectivity index (χ0n) is 15.4. The van der Waals surface area contributed by atoms with E-state index in [1.54, 1.807) is 6.20 Å². The maximum absolute atomic E-state index is 12.6. The van der Waals surface area contributed by atoms with Gasteiger partial charge in [-0.15, -0.1) is 0 Å². The average molecular weight is 404 g/mol. The van der Waals surface area contributed by atoms with E-state index in [-0.39, 0.29) is 24.2 Å². The average Bonchev–Trinajstić information content (AvgIpc) is 2.91. The Bertz CT molecular complexity index is 656. The van der Waals surface area contributed by atoms with Crippen LogP contribution in [0.25, 0.3) is 0 Å². The number of nitrogens with zero attached hydrogens (tertiary/aromatic N) is 2. The van der Waals surface area contributed by atoms with Crippen LogP contribution < -0.4 is 0 Å². The fourth-order valence-corrected chi connectivity index (χ4v) is 3.37. The van der Waals surface area contributed by atoms with Crippen LogP contribution >= 0.6 is 0 Å². The summed E-state index contributed by atoms with van der Waals surface area (Å²) in [7, 11) is 0. The predicted molar refractivity (Wildman–Crippen MR) is 91.5 cm³/mol. The van der Waals surface area contributed by atoms with E-state index < -0.39 is 12.1 Å². The molecule has 2 aliphatic rings. The Morgan fingerprint density at radius 3 is 2.64 bits per heavy atom. The Labute approximate surface area is 160 Å². The molecule has 2 heterocycles. The molecule has 1 N–H and O–H groups in total. The molecule has 2 bridgehead atoms. The maximum Gasteiger partial charge on any atom is 0.490 e. The van der Waals surface area contributed by atoms with E-state index in [2.05, 4.69) is 4.98 Å². The second-order valence-electron chi connectivity index (χ2n) is 6.36. The number of carboxylic acid groups (broad SMARTS) is 1. The second-order valence-corrected chi connectivity index (χ2v) is 6.36. The molecule has 1 aromatic heterocycles. The summed E-state index contributed by atoms with van der Waals surface area (Å²) >= 11 is 0. The van der Waals surface area contributed by atoms with E-state index in [4.69, 9.17) is 19.4 Å². The van der Waals surface area contributed by atoms with Crippen LogP contribution in [0, 0.1) is 0 Å². The van der Waals surface area contributed by atoms with Gasteiger partial charge in [0, 0.05) is 25.0 Å². The van der Waals surface area contributed by atoms with E-state index in [9.17, 15) is 18.0 Å². The van der Waals surface area contributed by atoms with Crippen molar-refractivity contribution < 1.29 is 37.3 Å². The molecular formula is C18H23F3N2O5. The molecule has 1 saturated carbocycles. The highest BCUT2D eigenvalue weighted by atomic mass is 19.4. The summed E-state index contributed by atoms with van der Waals surface area (Å²) in [6, 6.07) is 5.81. The summed E-state index contributed by atoms with van der Waals surface area (Å²) < 4.78 is 43.4. The van der Waals surface area contributed by atoms with Gasteiger partial charge in [-0.25, -0.2) is 4.79 Å². The topological polar surface area (TPSA) is 89.0 Å². The van der Waals surface area contributed by atoms with Crippen molar-refractivity contribution in [2.24, 2.45) is 0 Å². The predicted octanol–water partition coefficient (Wildman–Crippen LogP) is 2.05. The third kappa shape index (κ3) is 5.90. The Hall–Kier alpha value is -2.20. The van der Waals surface area contributed by atoms with Gasteiger partial charge >= 0.3 is 12.1 Å². The van der Waals surface area contributed by atoms with Gasteiger partial charge in [-0.1, -0.05) is 6.07 Å². The van der Waals surface area contributed by atoms with Crippen LogP contribution in [0.4, 0.5) is 13.2 Å². The lowest BCUT2D eigenvalue weighted by atomic mass is 10.1. The fourth-order valence-electron chi connectivity index (χ4n) is 3.37. The summed E-state index contributed by atoms with van der Waals surface area (Å²) in [4.78, 5) is 27.7. The van der Waals surface area contributed by atoms with E-state index in [1.807, 2.05) is 30.0 Å². The molecule has 1 aliphatic heterocycles. The number of alkyl halides is 3. The van der Waals surface area contributed by atoms with Crippen molar-refractivity contribution in [2.45, 2.75) is 50.6 Å². The lowest BCUT2D eigenvalue weighted by molar-refractivity contribution is -0.192. The van der Waals surface area contributed by atoms with Gasteiger partial charge in [0.15, 0.2) is 0 Å². The standard InChI is InChI=1S/C16H22N2O3.C2HF3O2/c1-2-20-16-13-6-7-14(16)21-10-9-18(13)15(19)11-12-5-3-4-8-17-12;3-2(4,5)1(6)7/h3-5,8,13-14,16H,2,6-7,9-11H2,1H3;(H,6,7). The Balaban J connectivity index is 0.000000345. The number of pyridine rings is 1.